The van der Waals surface area contributed by atoms with Crippen LogP contribution in [-0.2, 0) is 19.2 Å². The fraction of sp³-hybridized carbons (Fsp3) is 0.667. The Balaban J connectivity index is 2.09. The van der Waals surface area contributed by atoms with Gasteiger partial charge in [-0.1, -0.05) is 19.4 Å². The van der Waals surface area contributed by atoms with Crippen molar-refractivity contribution in [2.45, 2.75) is 45.4 Å². The van der Waals surface area contributed by atoms with Gasteiger partial charge >= 0.3 is 0 Å². The lowest BCUT2D eigenvalue weighted by atomic mass is 9.73. The Hall–Kier alpha value is -1.46. The van der Waals surface area contributed by atoms with Crippen LogP contribution in [0.5, 0.6) is 0 Å². The number of hydroxylamine groups is 1. The van der Waals surface area contributed by atoms with Crippen molar-refractivity contribution in [3.63, 3.8) is 0 Å². The Bertz CT molecular complexity index is 457. The maximum Gasteiger partial charge on any atom is 0.168 e. The van der Waals surface area contributed by atoms with Crippen molar-refractivity contribution in [2.75, 3.05) is 19.8 Å². The second-order valence-corrected chi connectivity index (χ2v) is 6.27. The van der Waals surface area contributed by atoms with Crippen LogP contribution in [0.25, 0.3) is 0 Å². The molecule has 0 aromatic rings. The molecule has 5 heteroatoms. The minimum atomic E-state index is -0.0455. The smallest absolute Gasteiger partial charge is 0.168 e. The Kier molecular flexibility index (Phi) is 6.99. The lowest BCUT2D eigenvalue weighted by molar-refractivity contribution is -0.127. The summed E-state index contributed by atoms with van der Waals surface area (Å²) in [4.78, 5) is 30.4. The first kappa shape index (κ1) is 17.9. The summed E-state index contributed by atoms with van der Waals surface area (Å²) < 4.78 is 5.38. The molecule has 2 aliphatic rings. The van der Waals surface area contributed by atoms with E-state index in [0.29, 0.717) is 43.1 Å². The average Bonchev–Trinajstić information content (AvgIpc) is 2.55. The third-order valence-corrected chi connectivity index (χ3v) is 4.58. The maximum atomic E-state index is 12.6. The van der Waals surface area contributed by atoms with Crippen LogP contribution in [0.3, 0.4) is 0 Å². The minimum Gasteiger partial charge on any atom is -0.381 e. The fourth-order valence-electron chi connectivity index (χ4n) is 3.43. The van der Waals surface area contributed by atoms with Crippen molar-refractivity contribution in [3.05, 3.63) is 23.9 Å². The van der Waals surface area contributed by atoms with Gasteiger partial charge in [0, 0.05) is 26.1 Å². The summed E-state index contributed by atoms with van der Waals surface area (Å²) in [6.45, 7) is 7.40. The van der Waals surface area contributed by atoms with Crippen LogP contribution < -0.4 is 5.48 Å². The quantitative estimate of drug-likeness (QED) is 0.257. The summed E-state index contributed by atoms with van der Waals surface area (Å²) in [5.41, 5.74) is 3.73. The van der Waals surface area contributed by atoms with Gasteiger partial charge in [0.2, 0.25) is 0 Å². The van der Waals surface area contributed by atoms with Crippen molar-refractivity contribution in [3.8, 4) is 0 Å². The minimum absolute atomic E-state index is 0.0455. The van der Waals surface area contributed by atoms with Crippen molar-refractivity contribution in [1.29, 1.82) is 0 Å². The molecule has 0 bridgehead atoms. The Labute approximate surface area is 138 Å². The first-order valence-electron chi connectivity index (χ1n) is 8.53. The molecule has 0 aromatic carbocycles. The zero-order valence-electron chi connectivity index (χ0n) is 13.9. The van der Waals surface area contributed by atoms with Crippen LogP contribution in [0, 0.1) is 11.8 Å². The van der Waals surface area contributed by atoms with E-state index in [4.69, 9.17) is 9.57 Å². The number of hydrogen-bond donors (Lipinski definition) is 1. The van der Waals surface area contributed by atoms with Gasteiger partial charge in [-0.2, -0.15) is 0 Å². The van der Waals surface area contributed by atoms with Crippen molar-refractivity contribution in [1.82, 2.24) is 5.48 Å². The molecule has 0 atom stereocenters. The average molecular weight is 321 g/mol. The molecule has 0 aromatic heterocycles. The van der Waals surface area contributed by atoms with Gasteiger partial charge in [0.15, 0.2) is 11.6 Å². The molecule has 2 fully saturated rings. The highest BCUT2D eigenvalue weighted by molar-refractivity contribution is 6.22. The molecular formula is C18H27NO4. The number of nitrogens with one attached hydrogen (secondary N) is 1. The van der Waals surface area contributed by atoms with Gasteiger partial charge in [-0.25, -0.2) is 0 Å². The van der Waals surface area contributed by atoms with Crippen LogP contribution >= 0.6 is 0 Å². The number of ketones is 2. The molecule has 0 radical (unpaired) electrons. The first-order chi connectivity index (χ1) is 11.2. The molecule has 0 amide bonds. The molecule has 0 unspecified atom stereocenters. The number of carbonyl (C=O) groups is 2. The SMILES string of the molecule is C=CCONC(CCC)=C1C(=O)CC(C2CCOCC2)CC1=O. The molecule has 1 aliphatic carbocycles. The monoisotopic (exact) mass is 321 g/mol. The number of carbonyl (C=O) groups excluding carboxylic acids is 2. The highest BCUT2D eigenvalue weighted by atomic mass is 16.6. The molecule has 2 rings (SSSR count). The predicted octanol–water partition coefficient (Wildman–Crippen LogP) is 2.72. The van der Waals surface area contributed by atoms with Crippen molar-refractivity contribution < 1.29 is 19.2 Å². The van der Waals surface area contributed by atoms with Crippen LogP contribution in [0.4, 0.5) is 0 Å². The van der Waals surface area contributed by atoms with Gasteiger partial charge in [-0.3, -0.25) is 19.9 Å². The lowest BCUT2D eigenvalue weighted by Gasteiger charge is -2.33. The van der Waals surface area contributed by atoms with E-state index in [2.05, 4.69) is 12.1 Å². The third-order valence-electron chi connectivity index (χ3n) is 4.58. The summed E-state index contributed by atoms with van der Waals surface area (Å²) in [7, 11) is 0. The van der Waals surface area contributed by atoms with Crippen LogP contribution in [-0.4, -0.2) is 31.4 Å². The van der Waals surface area contributed by atoms with Crippen LogP contribution in [0.1, 0.15) is 45.4 Å². The zero-order chi connectivity index (χ0) is 16.7. The second-order valence-electron chi connectivity index (χ2n) is 6.27. The lowest BCUT2D eigenvalue weighted by Crippen LogP contribution is -2.35. The standard InChI is InChI=1S/C18H27NO4/c1-3-5-15(19-23-8-4-2)18-16(20)11-14(12-17(18)21)13-6-9-22-10-7-13/h4,13-14,19H,2-3,5-12H2,1H3. The van der Waals surface area contributed by atoms with E-state index >= 15 is 0 Å². The zero-order valence-corrected chi connectivity index (χ0v) is 13.9. The summed E-state index contributed by atoms with van der Waals surface area (Å²) >= 11 is 0. The molecule has 1 N–H and O–H groups in total. The van der Waals surface area contributed by atoms with E-state index in [1.807, 2.05) is 6.92 Å². The Morgan fingerprint density at radius 3 is 2.48 bits per heavy atom. The van der Waals surface area contributed by atoms with E-state index in [-0.39, 0.29) is 17.5 Å². The van der Waals surface area contributed by atoms with Gasteiger partial charge in [0.25, 0.3) is 0 Å². The van der Waals surface area contributed by atoms with Gasteiger partial charge in [-0.05, 0) is 31.1 Å². The van der Waals surface area contributed by atoms with E-state index in [1.165, 1.54) is 0 Å². The molecular weight excluding hydrogens is 294 g/mol. The van der Waals surface area contributed by atoms with Crippen LogP contribution in [0.15, 0.2) is 23.9 Å². The summed E-state index contributed by atoms with van der Waals surface area (Å²) in [5.74, 6) is 0.504. The van der Waals surface area contributed by atoms with Gasteiger partial charge in [0.1, 0.15) is 0 Å². The van der Waals surface area contributed by atoms with Crippen molar-refractivity contribution in [2.24, 2.45) is 11.8 Å². The van der Waals surface area contributed by atoms with Gasteiger partial charge in [-0.15, -0.1) is 6.58 Å². The fourth-order valence-corrected chi connectivity index (χ4v) is 3.43. The highest BCUT2D eigenvalue weighted by Crippen LogP contribution is 2.35. The van der Waals surface area contributed by atoms with E-state index in [9.17, 15) is 9.59 Å². The largest absolute Gasteiger partial charge is 0.381 e. The van der Waals surface area contributed by atoms with Crippen molar-refractivity contribution >= 4 is 11.6 Å². The van der Waals surface area contributed by atoms with Gasteiger partial charge in [0.05, 0.1) is 17.9 Å². The second kappa shape index (κ2) is 8.99. The molecule has 1 saturated carbocycles. The molecule has 23 heavy (non-hydrogen) atoms. The Morgan fingerprint density at radius 1 is 1.26 bits per heavy atom. The molecule has 5 nitrogen and oxygen atoms in total. The van der Waals surface area contributed by atoms with E-state index < -0.39 is 0 Å². The van der Waals surface area contributed by atoms with E-state index in [1.54, 1.807) is 6.08 Å². The number of allylic oxidation sites excluding steroid dienone is 2. The highest BCUT2D eigenvalue weighted by Gasteiger charge is 2.37. The number of Topliss-reactive ketones (excluding diaryl/α,β-unsaturated/α-hetero) is 2. The molecule has 0 spiro atoms. The van der Waals surface area contributed by atoms with Gasteiger partial charge < -0.3 is 4.74 Å². The molecule has 1 aliphatic heterocycles. The van der Waals surface area contributed by atoms with Crippen LogP contribution in [0.2, 0.25) is 0 Å². The molecule has 128 valence electrons. The maximum absolute atomic E-state index is 12.6. The Morgan fingerprint density at radius 2 is 1.91 bits per heavy atom. The number of hydrogen-bond acceptors (Lipinski definition) is 5. The number of ether oxygens (including phenoxy) is 1. The molecule has 1 heterocycles. The topological polar surface area (TPSA) is 64.6 Å². The first-order valence-corrected chi connectivity index (χ1v) is 8.53. The van der Waals surface area contributed by atoms with E-state index in [0.717, 1.165) is 32.5 Å². The summed E-state index contributed by atoms with van der Waals surface area (Å²) in [5, 5.41) is 0. The predicted molar refractivity (Wildman–Crippen MR) is 87.5 cm³/mol. The molecule has 1 saturated heterocycles. The third kappa shape index (κ3) is 4.75. The summed E-state index contributed by atoms with van der Waals surface area (Å²) in [6, 6.07) is 0. The normalized spacial score (nSPS) is 23.0. The number of rotatable bonds is 7. The summed E-state index contributed by atoms with van der Waals surface area (Å²) in [6.07, 6.45) is 5.91.